The van der Waals surface area contributed by atoms with Crippen molar-refractivity contribution in [1.82, 2.24) is 4.98 Å². The molecule has 15 heavy (non-hydrogen) atoms. The fraction of sp³-hybridized carbons (Fsp3) is 0.444. The zero-order valence-corrected chi connectivity index (χ0v) is 10.1. The van der Waals surface area contributed by atoms with Crippen molar-refractivity contribution >= 4 is 23.4 Å². The fourth-order valence-electron chi connectivity index (χ4n) is 0.731. The van der Waals surface area contributed by atoms with Gasteiger partial charge >= 0.3 is 6.18 Å². The summed E-state index contributed by atoms with van der Waals surface area (Å²) in [5.41, 5.74) is -0.824. The number of rotatable bonds is 1. The minimum atomic E-state index is -4.38. The van der Waals surface area contributed by atoms with Gasteiger partial charge in [-0.3, -0.25) is 0 Å². The molecule has 1 aromatic heterocycles. The van der Waals surface area contributed by atoms with Gasteiger partial charge in [-0.15, -0.1) is 11.8 Å². The summed E-state index contributed by atoms with van der Waals surface area (Å²) >= 11 is 6.76. The molecule has 0 saturated heterocycles. The van der Waals surface area contributed by atoms with E-state index in [2.05, 4.69) is 4.98 Å². The smallest absolute Gasteiger partial charge is 0.248 e. The standard InChI is InChI=1S/C7H5ClF3NS.C2H6/c1-13-6-5(8)2-4(3-12-6)7(9,10)11;1-2/h2-3H,1H3;1-2H3. The largest absolute Gasteiger partial charge is 0.417 e. The molecule has 1 heterocycles. The van der Waals surface area contributed by atoms with Crippen molar-refractivity contribution in [2.75, 3.05) is 6.26 Å². The van der Waals surface area contributed by atoms with E-state index in [9.17, 15) is 13.2 Å². The van der Waals surface area contributed by atoms with Gasteiger partial charge in [0.2, 0.25) is 0 Å². The SMILES string of the molecule is CC.CSc1ncc(C(F)(F)F)cc1Cl. The third-order valence-electron chi connectivity index (χ3n) is 1.33. The monoisotopic (exact) mass is 257 g/mol. The predicted molar refractivity (Wildman–Crippen MR) is 57.4 cm³/mol. The second-order valence-corrected chi connectivity index (χ2v) is 3.41. The molecule has 0 fully saturated rings. The molecule has 0 radical (unpaired) electrons. The van der Waals surface area contributed by atoms with Gasteiger partial charge < -0.3 is 0 Å². The summed E-state index contributed by atoms with van der Waals surface area (Å²) in [6, 6.07) is 0.875. The van der Waals surface area contributed by atoms with Gasteiger partial charge in [0.25, 0.3) is 0 Å². The van der Waals surface area contributed by atoms with Crippen LogP contribution in [-0.2, 0) is 6.18 Å². The highest BCUT2D eigenvalue weighted by atomic mass is 35.5. The molecule has 1 nitrogen and oxygen atoms in total. The Bertz CT molecular complexity index is 315. The van der Waals surface area contributed by atoms with Gasteiger partial charge in [0.05, 0.1) is 10.6 Å². The molecule has 86 valence electrons. The van der Waals surface area contributed by atoms with Crippen LogP contribution in [0.3, 0.4) is 0 Å². The number of halogens is 4. The van der Waals surface area contributed by atoms with E-state index < -0.39 is 11.7 Å². The van der Waals surface area contributed by atoms with Crippen LogP contribution in [-0.4, -0.2) is 11.2 Å². The molecule has 0 aliphatic rings. The zero-order valence-electron chi connectivity index (χ0n) is 8.52. The molecular formula is C9H11ClF3NS. The Morgan fingerprint density at radius 3 is 2.20 bits per heavy atom. The third kappa shape index (κ3) is 4.30. The first-order valence-corrected chi connectivity index (χ1v) is 5.82. The van der Waals surface area contributed by atoms with E-state index in [4.69, 9.17) is 11.6 Å². The molecule has 1 rings (SSSR count). The Hall–Kier alpha value is -0.420. The molecule has 0 aromatic carbocycles. The number of pyridine rings is 1. The van der Waals surface area contributed by atoms with E-state index in [-0.39, 0.29) is 5.02 Å². The van der Waals surface area contributed by atoms with Crippen LogP contribution < -0.4 is 0 Å². The summed E-state index contributed by atoms with van der Waals surface area (Å²) in [4.78, 5) is 3.57. The number of nitrogens with zero attached hydrogens (tertiary/aromatic N) is 1. The van der Waals surface area contributed by atoms with Gasteiger partial charge in [-0.25, -0.2) is 4.98 Å². The summed E-state index contributed by atoms with van der Waals surface area (Å²) in [6.45, 7) is 4.00. The van der Waals surface area contributed by atoms with Crippen LogP contribution >= 0.6 is 23.4 Å². The second kappa shape index (κ2) is 6.23. The first-order chi connectivity index (χ1) is 6.95. The number of thioether (sulfide) groups is 1. The van der Waals surface area contributed by atoms with Gasteiger partial charge in [-0.05, 0) is 12.3 Å². The first kappa shape index (κ1) is 14.6. The maximum Gasteiger partial charge on any atom is 0.417 e. The molecule has 0 aliphatic heterocycles. The van der Waals surface area contributed by atoms with Crippen LogP contribution in [0.4, 0.5) is 13.2 Å². The summed E-state index contributed by atoms with van der Waals surface area (Å²) in [5, 5.41) is 0.428. The van der Waals surface area contributed by atoms with Crippen LogP contribution in [0.5, 0.6) is 0 Å². The van der Waals surface area contributed by atoms with Crippen LogP contribution in [0.25, 0.3) is 0 Å². The van der Waals surface area contributed by atoms with Gasteiger partial charge in [-0.2, -0.15) is 13.2 Å². The van der Waals surface area contributed by atoms with Gasteiger partial charge in [0, 0.05) is 6.20 Å². The molecule has 0 saturated carbocycles. The van der Waals surface area contributed by atoms with Gasteiger partial charge in [-0.1, -0.05) is 25.4 Å². The van der Waals surface area contributed by atoms with Crippen molar-refractivity contribution in [2.45, 2.75) is 25.0 Å². The summed E-state index contributed by atoms with van der Waals surface area (Å²) in [5.74, 6) is 0. The molecule has 0 amide bonds. The average Bonchev–Trinajstić information content (AvgIpc) is 2.19. The van der Waals surface area contributed by atoms with Crippen molar-refractivity contribution in [3.63, 3.8) is 0 Å². The molecule has 0 bridgehead atoms. The van der Waals surface area contributed by atoms with E-state index >= 15 is 0 Å². The molecule has 0 aliphatic carbocycles. The fourth-order valence-corrected chi connectivity index (χ4v) is 1.54. The highest BCUT2D eigenvalue weighted by Gasteiger charge is 2.31. The molecule has 0 N–H and O–H groups in total. The minimum Gasteiger partial charge on any atom is -0.248 e. The number of alkyl halides is 3. The number of hydrogen-bond acceptors (Lipinski definition) is 2. The maximum atomic E-state index is 12.1. The molecule has 0 unspecified atom stereocenters. The maximum absolute atomic E-state index is 12.1. The van der Waals surface area contributed by atoms with E-state index in [0.717, 1.165) is 12.3 Å². The van der Waals surface area contributed by atoms with Crippen LogP contribution in [0, 0.1) is 0 Å². The Kier molecular flexibility index (Phi) is 6.05. The van der Waals surface area contributed by atoms with E-state index in [1.807, 2.05) is 13.8 Å². The summed E-state index contributed by atoms with van der Waals surface area (Å²) in [7, 11) is 0. The lowest BCUT2D eigenvalue weighted by Crippen LogP contribution is -2.05. The lowest BCUT2D eigenvalue weighted by molar-refractivity contribution is -0.137. The summed E-state index contributed by atoms with van der Waals surface area (Å²) < 4.78 is 36.3. The molecule has 0 spiro atoms. The first-order valence-electron chi connectivity index (χ1n) is 4.22. The lowest BCUT2D eigenvalue weighted by Gasteiger charge is -2.07. The summed E-state index contributed by atoms with van der Waals surface area (Å²) in [6.07, 6.45) is -1.91. The Balaban J connectivity index is 0.000000921. The van der Waals surface area contributed by atoms with Crippen molar-refractivity contribution < 1.29 is 13.2 Å². The Labute approximate surface area is 96.0 Å². The van der Waals surface area contributed by atoms with Gasteiger partial charge in [0.1, 0.15) is 5.03 Å². The van der Waals surface area contributed by atoms with Gasteiger partial charge in [0.15, 0.2) is 0 Å². The Morgan fingerprint density at radius 1 is 1.33 bits per heavy atom. The van der Waals surface area contributed by atoms with E-state index in [0.29, 0.717) is 5.03 Å². The predicted octanol–water partition coefficient (Wildman–Crippen LogP) is 4.50. The zero-order chi connectivity index (χ0) is 12.1. The number of hydrogen-bond donors (Lipinski definition) is 0. The molecule has 6 heteroatoms. The van der Waals surface area contributed by atoms with Crippen molar-refractivity contribution in [3.05, 3.63) is 22.8 Å². The van der Waals surface area contributed by atoms with Crippen LogP contribution in [0.1, 0.15) is 19.4 Å². The van der Waals surface area contributed by atoms with Crippen molar-refractivity contribution in [3.8, 4) is 0 Å². The third-order valence-corrected chi connectivity index (χ3v) is 2.44. The molecule has 0 atom stereocenters. The van der Waals surface area contributed by atoms with Crippen molar-refractivity contribution in [1.29, 1.82) is 0 Å². The molecular weight excluding hydrogens is 247 g/mol. The van der Waals surface area contributed by atoms with Crippen molar-refractivity contribution in [2.24, 2.45) is 0 Å². The highest BCUT2D eigenvalue weighted by Crippen LogP contribution is 2.32. The lowest BCUT2D eigenvalue weighted by atomic mass is 10.3. The normalized spacial score (nSPS) is 10.6. The number of aromatic nitrogens is 1. The molecule has 1 aromatic rings. The topological polar surface area (TPSA) is 12.9 Å². The minimum absolute atomic E-state index is 0.0299. The Morgan fingerprint density at radius 2 is 1.87 bits per heavy atom. The van der Waals surface area contributed by atoms with E-state index in [1.54, 1.807) is 6.26 Å². The second-order valence-electron chi connectivity index (χ2n) is 2.21. The quantitative estimate of drug-likeness (QED) is 0.687. The highest BCUT2D eigenvalue weighted by molar-refractivity contribution is 7.98. The van der Waals surface area contributed by atoms with E-state index in [1.165, 1.54) is 11.8 Å². The van der Waals surface area contributed by atoms with Crippen LogP contribution in [0.2, 0.25) is 5.02 Å². The van der Waals surface area contributed by atoms with Crippen LogP contribution in [0.15, 0.2) is 17.3 Å². The average molecular weight is 258 g/mol.